The molecule has 4 heteroatoms. The summed E-state index contributed by atoms with van der Waals surface area (Å²) in [5.74, 6) is 0. The van der Waals surface area contributed by atoms with Gasteiger partial charge in [0.25, 0.3) is 0 Å². The molecule has 20 heavy (non-hydrogen) atoms. The molecule has 1 aromatic rings. The van der Waals surface area contributed by atoms with Gasteiger partial charge >= 0.3 is 0 Å². The fraction of sp³-hybridized carbons (Fsp3) is 0.625. The van der Waals surface area contributed by atoms with Gasteiger partial charge in [0.1, 0.15) is 0 Å². The van der Waals surface area contributed by atoms with Gasteiger partial charge in [0.05, 0.1) is 0 Å². The van der Waals surface area contributed by atoms with Crippen molar-refractivity contribution < 1.29 is 0 Å². The molecule has 1 fully saturated rings. The van der Waals surface area contributed by atoms with E-state index in [1.54, 1.807) is 0 Å². The Hall–Kier alpha value is -0.610. The normalized spacial score (nSPS) is 21.6. The number of halogens is 1. The summed E-state index contributed by atoms with van der Waals surface area (Å²) in [6.07, 6.45) is 3.62. The Bertz CT molecular complexity index is 424. The molecule has 0 aromatic heterocycles. The predicted octanol–water partition coefficient (Wildman–Crippen LogP) is 2.76. The van der Waals surface area contributed by atoms with E-state index in [4.69, 9.17) is 17.3 Å². The molecule has 1 aliphatic heterocycles. The molecule has 0 bridgehead atoms. The Morgan fingerprint density at radius 3 is 2.95 bits per heavy atom. The minimum atomic E-state index is 0.0671. The van der Waals surface area contributed by atoms with Crippen molar-refractivity contribution in [3.63, 3.8) is 0 Å². The van der Waals surface area contributed by atoms with Gasteiger partial charge in [-0.3, -0.25) is 0 Å². The van der Waals surface area contributed by atoms with Crippen LogP contribution in [0.5, 0.6) is 0 Å². The molecule has 0 spiro atoms. The molecule has 1 saturated heterocycles. The first-order valence-electron chi connectivity index (χ1n) is 7.46. The third-order valence-corrected chi connectivity index (χ3v) is 4.53. The number of benzene rings is 1. The third-order valence-electron chi connectivity index (χ3n) is 4.29. The Morgan fingerprint density at radius 2 is 2.30 bits per heavy atom. The molecular weight excluding hydrogens is 270 g/mol. The first-order valence-corrected chi connectivity index (χ1v) is 7.84. The van der Waals surface area contributed by atoms with Gasteiger partial charge in [0.2, 0.25) is 0 Å². The summed E-state index contributed by atoms with van der Waals surface area (Å²) in [6.45, 7) is 3.40. The van der Waals surface area contributed by atoms with Crippen LogP contribution in [0.4, 0.5) is 0 Å². The molecule has 2 rings (SSSR count). The highest BCUT2D eigenvalue weighted by molar-refractivity contribution is 6.30. The van der Waals surface area contributed by atoms with Crippen LogP contribution in [-0.4, -0.2) is 49.6 Å². The van der Waals surface area contributed by atoms with E-state index in [0.29, 0.717) is 6.04 Å². The average Bonchev–Trinajstić information content (AvgIpc) is 2.81. The van der Waals surface area contributed by atoms with Gasteiger partial charge in [-0.15, -0.1) is 0 Å². The Balaban J connectivity index is 1.76. The van der Waals surface area contributed by atoms with Gasteiger partial charge in [-0.05, 0) is 64.1 Å². The topological polar surface area (TPSA) is 32.5 Å². The summed E-state index contributed by atoms with van der Waals surface area (Å²) in [5, 5.41) is 0.763. The fourth-order valence-corrected chi connectivity index (χ4v) is 3.12. The lowest BCUT2D eigenvalue weighted by Gasteiger charge is -2.26. The van der Waals surface area contributed by atoms with Crippen molar-refractivity contribution in [2.75, 3.05) is 33.7 Å². The number of hydrogen-bond acceptors (Lipinski definition) is 3. The van der Waals surface area contributed by atoms with Gasteiger partial charge < -0.3 is 15.5 Å². The summed E-state index contributed by atoms with van der Waals surface area (Å²) in [4.78, 5) is 4.87. The van der Waals surface area contributed by atoms with Gasteiger partial charge in [0.15, 0.2) is 0 Å². The second-order valence-corrected chi connectivity index (χ2v) is 6.43. The van der Waals surface area contributed by atoms with Crippen LogP contribution in [0.25, 0.3) is 0 Å². The van der Waals surface area contributed by atoms with E-state index in [9.17, 15) is 0 Å². The highest BCUT2D eigenvalue weighted by Gasteiger charge is 2.22. The monoisotopic (exact) mass is 295 g/mol. The number of likely N-dealkylation sites (tertiary alicyclic amines) is 1. The van der Waals surface area contributed by atoms with E-state index >= 15 is 0 Å². The van der Waals surface area contributed by atoms with Gasteiger partial charge in [-0.1, -0.05) is 23.7 Å². The first kappa shape index (κ1) is 15.8. The molecule has 0 radical (unpaired) electrons. The van der Waals surface area contributed by atoms with Crippen molar-refractivity contribution in [1.82, 2.24) is 9.80 Å². The Labute approximate surface area is 127 Å². The molecular formula is C16H26ClN3. The van der Waals surface area contributed by atoms with Crippen LogP contribution >= 0.6 is 11.6 Å². The molecule has 3 nitrogen and oxygen atoms in total. The molecule has 1 heterocycles. The third kappa shape index (κ3) is 4.45. The zero-order chi connectivity index (χ0) is 14.5. The highest BCUT2D eigenvalue weighted by atomic mass is 35.5. The zero-order valence-electron chi connectivity index (χ0n) is 12.6. The van der Waals surface area contributed by atoms with E-state index in [1.807, 2.05) is 18.2 Å². The fourth-order valence-electron chi connectivity index (χ4n) is 2.92. The number of hydrogen-bond donors (Lipinski definition) is 1. The Kier molecular flexibility index (Phi) is 5.85. The molecule has 1 aliphatic rings. The standard InChI is InChI=1S/C16H26ClN3/c1-19(12-15-7-4-9-20(15)2)10-8-16(18)13-5-3-6-14(17)11-13/h3,5-6,11,15-16H,4,7-10,12,18H2,1-2H3. The van der Waals surface area contributed by atoms with Crippen LogP contribution in [0, 0.1) is 0 Å². The first-order chi connectivity index (χ1) is 9.56. The Morgan fingerprint density at radius 1 is 1.50 bits per heavy atom. The van der Waals surface area contributed by atoms with Crippen LogP contribution in [0.15, 0.2) is 24.3 Å². The largest absolute Gasteiger partial charge is 0.324 e. The van der Waals surface area contributed by atoms with Crippen LogP contribution in [0.3, 0.4) is 0 Å². The summed E-state index contributed by atoms with van der Waals surface area (Å²) in [6, 6.07) is 8.66. The molecule has 2 atom stereocenters. The number of likely N-dealkylation sites (N-methyl/N-ethyl adjacent to an activating group) is 2. The highest BCUT2D eigenvalue weighted by Crippen LogP contribution is 2.19. The van der Waals surface area contributed by atoms with Crippen molar-refractivity contribution in [1.29, 1.82) is 0 Å². The zero-order valence-corrected chi connectivity index (χ0v) is 13.3. The summed E-state index contributed by atoms with van der Waals surface area (Å²) in [7, 11) is 4.42. The SMILES string of the molecule is CN(CCC(N)c1cccc(Cl)c1)CC1CCCN1C. The van der Waals surface area contributed by atoms with Gasteiger partial charge in [-0.2, -0.15) is 0 Å². The smallest absolute Gasteiger partial charge is 0.0409 e. The van der Waals surface area contributed by atoms with Gasteiger partial charge in [-0.25, -0.2) is 0 Å². The molecule has 0 saturated carbocycles. The molecule has 0 aliphatic carbocycles. The van der Waals surface area contributed by atoms with Crippen molar-refractivity contribution >= 4 is 11.6 Å². The average molecular weight is 296 g/mol. The van der Waals surface area contributed by atoms with E-state index in [2.05, 4.69) is 30.0 Å². The maximum absolute atomic E-state index is 6.25. The van der Waals surface area contributed by atoms with Crippen molar-refractivity contribution in [2.24, 2.45) is 5.73 Å². The molecule has 1 aromatic carbocycles. The van der Waals surface area contributed by atoms with Crippen LogP contribution < -0.4 is 5.73 Å². The summed E-state index contributed by atoms with van der Waals surface area (Å²) < 4.78 is 0. The van der Waals surface area contributed by atoms with Crippen molar-refractivity contribution in [3.05, 3.63) is 34.9 Å². The van der Waals surface area contributed by atoms with Crippen molar-refractivity contribution in [2.45, 2.75) is 31.3 Å². The van der Waals surface area contributed by atoms with Gasteiger partial charge in [0, 0.05) is 23.7 Å². The quantitative estimate of drug-likeness (QED) is 0.876. The predicted molar refractivity (Wildman–Crippen MR) is 86.1 cm³/mol. The van der Waals surface area contributed by atoms with Crippen molar-refractivity contribution in [3.8, 4) is 0 Å². The lowest BCUT2D eigenvalue weighted by atomic mass is 10.0. The number of nitrogens with two attached hydrogens (primary N) is 1. The summed E-state index contributed by atoms with van der Waals surface area (Å²) in [5.41, 5.74) is 7.38. The second kappa shape index (κ2) is 7.41. The molecule has 2 unspecified atom stereocenters. The maximum Gasteiger partial charge on any atom is 0.0409 e. The lowest BCUT2D eigenvalue weighted by Crippen LogP contribution is -2.37. The maximum atomic E-state index is 6.25. The molecule has 0 amide bonds. The van der Waals surface area contributed by atoms with Crippen LogP contribution in [0.1, 0.15) is 30.9 Å². The van der Waals surface area contributed by atoms with Crippen LogP contribution in [-0.2, 0) is 0 Å². The van der Waals surface area contributed by atoms with E-state index in [0.717, 1.165) is 30.1 Å². The number of nitrogens with zero attached hydrogens (tertiary/aromatic N) is 2. The van der Waals surface area contributed by atoms with Crippen LogP contribution in [0.2, 0.25) is 5.02 Å². The minimum absolute atomic E-state index is 0.0671. The lowest BCUT2D eigenvalue weighted by molar-refractivity contribution is 0.216. The molecule has 2 N–H and O–H groups in total. The van der Waals surface area contributed by atoms with E-state index < -0.39 is 0 Å². The summed E-state index contributed by atoms with van der Waals surface area (Å²) >= 11 is 6.01. The van der Waals surface area contributed by atoms with E-state index in [-0.39, 0.29) is 6.04 Å². The number of rotatable bonds is 6. The van der Waals surface area contributed by atoms with E-state index in [1.165, 1.54) is 19.4 Å². The minimum Gasteiger partial charge on any atom is -0.324 e. The molecule has 112 valence electrons. The second-order valence-electron chi connectivity index (χ2n) is 5.99.